The van der Waals surface area contributed by atoms with Gasteiger partial charge in [-0.3, -0.25) is 4.90 Å². The quantitative estimate of drug-likeness (QED) is 0.739. The van der Waals surface area contributed by atoms with Crippen LogP contribution < -0.4 is 0 Å². The minimum atomic E-state index is 0.644. The topological polar surface area (TPSA) is 51.4 Å². The molecule has 1 aromatic heterocycles. The van der Waals surface area contributed by atoms with Crippen molar-refractivity contribution in [2.24, 2.45) is 0 Å². The minimum Gasteiger partial charge on any atom is -0.424 e. The van der Waals surface area contributed by atoms with Gasteiger partial charge in [0, 0.05) is 26.6 Å². The molecule has 2 aromatic rings. The van der Waals surface area contributed by atoms with Crippen LogP contribution in [0.1, 0.15) is 24.3 Å². The van der Waals surface area contributed by atoms with Crippen LogP contribution in [-0.4, -0.2) is 35.4 Å². The van der Waals surface area contributed by atoms with E-state index in [-0.39, 0.29) is 0 Å². The van der Waals surface area contributed by atoms with Gasteiger partial charge in [-0.2, -0.15) is 0 Å². The molecule has 2 rings (SSSR count). The molecule has 0 radical (unpaired) electrons. The standard InChI is InChI=1S/C15H21N3O2/c1-3-14-16-17-15(20-14)12-18(9-10-19-2)11-13-7-5-4-6-8-13/h4-8H,3,9-12H2,1-2H3. The zero-order valence-corrected chi connectivity index (χ0v) is 12.1. The zero-order valence-electron chi connectivity index (χ0n) is 12.1. The van der Waals surface area contributed by atoms with E-state index in [9.17, 15) is 0 Å². The van der Waals surface area contributed by atoms with E-state index in [1.165, 1.54) is 5.56 Å². The van der Waals surface area contributed by atoms with Crippen molar-refractivity contribution in [2.75, 3.05) is 20.3 Å². The SMILES string of the molecule is CCc1nnc(CN(CCOC)Cc2ccccc2)o1. The van der Waals surface area contributed by atoms with Crippen molar-refractivity contribution >= 4 is 0 Å². The lowest BCUT2D eigenvalue weighted by Gasteiger charge is -2.20. The van der Waals surface area contributed by atoms with Crippen molar-refractivity contribution in [3.63, 3.8) is 0 Å². The van der Waals surface area contributed by atoms with E-state index < -0.39 is 0 Å². The van der Waals surface area contributed by atoms with Crippen molar-refractivity contribution in [1.29, 1.82) is 0 Å². The minimum absolute atomic E-state index is 0.644. The molecule has 0 aliphatic rings. The summed E-state index contributed by atoms with van der Waals surface area (Å²) < 4.78 is 10.7. The molecular formula is C15H21N3O2. The first-order valence-electron chi connectivity index (χ1n) is 6.88. The Bertz CT molecular complexity index is 499. The van der Waals surface area contributed by atoms with Crippen LogP contribution in [0.5, 0.6) is 0 Å². The molecule has 1 aromatic carbocycles. The highest BCUT2D eigenvalue weighted by Gasteiger charge is 2.11. The Morgan fingerprint density at radius 3 is 2.50 bits per heavy atom. The molecule has 0 atom stereocenters. The van der Waals surface area contributed by atoms with Crippen LogP contribution in [0.3, 0.4) is 0 Å². The highest BCUT2D eigenvalue weighted by Crippen LogP contribution is 2.09. The van der Waals surface area contributed by atoms with Gasteiger partial charge in [-0.05, 0) is 5.56 Å². The summed E-state index contributed by atoms with van der Waals surface area (Å²) in [6.45, 7) is 5.00. The van der Waals surface area contributed by atoms with Crippen molar-refractivity contribution in [2.45, 2.75) is 26.4 Å². The Balaban J connectivity index is 1.99. The second-order valence-corrected chi connectivity index (χ2v) is 4.63. The summed E-state index contributed by atoms with van der Waals surface area (Å²) in [5, 5.41) is 8.08. The van der Waals surface area contributed by atoms with Gasteiger partial charge in [0.1, 0.15) is 0 Å². The van der Waals surface area contributed by atoms with Crippen LogP contribution in [-0.2, 0) is 24.2 Å². The first kappa shape index (κ1) is 14.7. The van der Waals surface area contributed by atoms with Gasteiger partial charge >= 0.3 is 0 Å². The molecule has 0 N–H and O–H groups in total. The first-order chi connectivity index (χ1) is 9.81. The lowest BCUT2D eigenvalue weighted by molar-refractivity contribution is 0.133. The van der Waals surface area contributed by atoms with Crippen LogP contribution in [0.2, 0.25) is 0 Å². The third-order valence-corrected chi connectivity index (χ3v) is 3.03. The summed E-state index contributed by atoms with van der Waals surface area (Å²) in [5.41, 5.74) is 1.26. The molecule has 0 unspecified atom stereocenters. The molecule has 0 bridgehead atoms. The summed E-state index contributed by atoms with van der Waals surface area (Å²) in [4.78, 5) is 2.24. The van der Waals surface area contributed by atoms with Gasteiger partial charge in [0.25, 0.3) is 0 Å². The average molecular weight is 275 g/mol. The molecule has 5 heteroatoms. The fourth-order valence-corrected chi connectivity index (χ4v) is 1.96. The van der Waals surface area contributed by atoms with E-state index in [0.717, 1.165) is 19.5 Å². The fourth-order valence-electron chi connectivity index (χ4n) is 1.96. The largest absolute Gasteiger partial charge is 0.424 e. The molecule has 1 heterocycles. The van der Waals surface area contributed by atoms with E-state index >= 15 is 0 Å². The van der Waals surface area contributed by atoms with E-state index in [2.05, 4.69) is 27.2 Å². The number of ether oxygens (including phenoxy) is 1. The van der Waals surface area contributed by atoms with Gasteiger partial charge < -0.3 is 9.15 Å². The van der Waals surface area contributed by atoms with E-state index in [0.29, 0.717) is 24.9 Å². The van der Waals surface area contributed by atoms with E-state index in [1.54, 1.807) is 7.11 Å². The molecule has 0 amide bonds. The maximum atomic E-state index is 5.58. The van der Waals surface area contributed by atoms with E-state index in [1.807, 2.05) is 25.1 Å². The molecule has 0 aliphatic heterocycles. The lowest BCUT2D eigenvalue weighted by atomic mass is 10.2. The molecule has 0 saturated carbocycles. The Labute approximate surface area is 119 Å². The number of aromatic nitrogens is 2. The Morgan fingerprint density at radius 1 is 1.10 bits per heavy atom. The van der Waals surface area contributed by atoms with Crippen LogP contribution in [0.4, 0.5) is 0 Å². The van der Waals surface area contributed by atoms with Gasteiger partial charge in [-0.15, -0.1) is 10.2 Å². The Kier molecular flexibility index (Phi) is 5.70. The number of hydrogen-bond donors (Lipinski definition) is 0. The maximum Gasteiger partial charge on any atom is 0.230 e. The summed E-state index contributed by atoms with van der Waals surface area (Å²) in [6, 6.07) is 10.3. The van der Waals surface area contributed by atoms with Crippen LogP contribution in [0, 0.1) is 0 Å². The molecule has 20 heavy (non-hydrogen) atoms. The van der Waals surface area contributed by atoms with Crippen molar-refractivity contribution in [3.05, 3.63) is 47.7 Å². The smallest absolute Gasteiger partial charge is 0.230 e. The highest BCUT2D eigenvalue weighted by molar-refractivity contribution is 5.14. The molecule has 5 nitrogen and oxygen atoms in total. The summed E-state index contributed by atoms with van der Waals surface area (Å²) in [7, 11) is 1.71. The average Bonchev–Trinajstić information content (AvgIpc) is 2.93. The second kappa shape index (κ2) is 7.77. The fraction of sp³-hybridized carbons (Fsp3) is 0.467. The zero-order chi connectivity index (χ0) is 14.2. The third kappa shape index (κ3) is 4.43. The van der Waals surface area contributed by atoms with Gasteiger partial charge in [0.05, 0.1) is 13.2 Å². The van der Waals surface area contributed by atoms with Crippen molar-refractivity contribution in [3.8, 4) is 0 Å². The Morgan fingerprint density at radius 2 is 1.85 bits per heavy atom. The number of methoxy groups -OCH3 is 1. The molecule has 0 saturated heterocycles. The van der Waals surface area contributed by atoms with Gasteiger partial charge in [-0.25, -0.2) is 0 Å². The van der Waals surface area contributed by atoms with Crippen molar-refractivity contribution < 1.29 is 9.15 Å². The summed E-state index contributed by atoms with van der Waals surface area (Å²) in [6.07, 6.45) is 0.768. The molecule has 0 aliphatic carbocycles. The number of hydrogen-bond acceptors (Lipinski definition) is 5. The molecule has 0 spiro atoms. The van der Waals surface area contributed by atoms with Crippen molar-refractivity contribution in [1.82, 2.24) is 15.1 Å². The Hall–Kier alpha value is -1.72. The summed E-state index contributed by atoms with van der Waals surface area (Å²) in [5.74, 6) is 1.35. The predicted molar refractivity (Wildman–Crippen MR) is 76.1 cm³/mol. The number of benzene rings is 1. The van der Waals surface area contributed by atoms with Crippen LogP contribution in [0.25, 0.3) is 0 Å². The molecule has 0 fully saturated rings. The molecule has 108 valence electrons. The second-order valence-electron chi connectivity index (χ2n) is 4.63. The van der Waals surface area contributed by atoms with Gasteiger partial charge in [0.2, 0.25) is 11.8 Å². The van der Waals surface area contributed by atoms with Crippen LogP contribution in [0.15, 0.2) is 34.7 Å². The van der Waals surface area contributed by atoms with Gasteiger partial charge in [0.15, 0.2) is 0 Å². The normalized spacial score (nSPS) is 11.2. The maximum absolute atomic E-state index is 5.58. The van der Waals surface area contributed by atoms with Gasteiger partial charge in [-0.1, -0.05) is 37.3 Å². The summed E-state index contributed by atoms with van der Waals surface area (Å²) >= 11 is 0. The first-order valence-corrected chi connectivity index (χ1v) is 6.88. The number of rotatable bonds is 8. The predicted octanol–water partition coefficient (Wildman–Crippen LogP) is 2.28. The third-order valence-electron chi connectivity index (χ3n) is 3.03. The number of aryl methyl sites for hydroxylation is 1. The highest BCUT2D eigenvalue weighted by atomic mass is 16.5. The number of nitrogens with zero attached hydrogens (tertiary/aromatic N) is 3. The monoisotopic (exact) mass is 275 g/mol. The van der Waals surface area contributed by atoms with Crippen LogP contribution >= 0.6 is 0 Å². The van der Waals surface area contributed by atoms with E-state index in [4.69, 9.17) is 9.15 Å². The lowest BCUT2D eigenvalue weighted by Crippen LogP contribution is -2.26. The molecular weight excluding hydrogens is 254 g/mol.